The van der Waals surface area contributed by atoms with Crippen LogP contribution in [0.2, 0.25) is 0 Å². The van der Waals surface area contributed by atoms with Gasteiger partial charge in [0.25, 0.3) is 0 Å². The molecular weight excluding hydrogens is 330 g/mol. The lowest BCUT2D eigenvalue weighted by Gasteiger charge is -2.07. The molecule has 5 nitrogen and oxygen atoms in total. The highest BCUT2D eigenvalue weighted by Crippen LogP contribution is 2.23. The van der Waals surface area contributed by atoms with Crippen molar-refractivity contribution in [1.82, 2.24) is 25.1 Å². The molecule has 1 N–H and O–H groups in total. The molecule has 0 aliphatic carbocycles. The minimum absolute atomic E-state index is 0.396. The van der Waals surface area contributed by atoms with Gasteiger partial charge in [-0.1, -0.05) is 28.1 Å². The topological polar surface area (TPSA) is 55.1 Å². The number of fused-ring (bicyclic) bond motifs is 1. The van der Waals surface area contributed by atoms with Crippen LogP contribution in [0.5, 0.6) is 0 Å². The van der Waals surface area contributed by atoms with Crippen molar-refractivity contribution in [1.29, 1.82) is 0 Å². The number of hydrogen-bond donors (Lipinski definition) is 1. The molecule has 3 aromatic rings. The van der Waals surface area contributed by atoms with Gasteiger partial charge >= 0.3 is 0 Å². The Labute approximate surface area is 130 Å². The van der Waals surface area contributed by atoms with E-state index in [2.05, 4.69) is 43.6 Å². The summed E-state index contributed by atoms with van der Waals surface area (Å²) in [5.74, 6) is 1.35. The molecule has 1 aliphatic heterocycles. The van der Waals surface area contributed by atoms with Gasteiger partial charge in [-0.05, 0) is 37.2 Å². The normalized spacial score (nSPS) is 18.4. The van der Waals surface area contributed by atoms with E-state index in [4.69, 9.17) is 5.10 Å². The molecule has 1 saturated heterocycles. The lowest BCUT2D eigenvalue weighted by molar-refractivity contribution is 0.668. The largest absolute Gasteiger partial charge is 0.316 e. The van der Waals surface area contributed by atoms with Gasteiger partial charge in [-0.15, -0.1) is 10.2 Å². The molecule has 1 aliphatic rings. The van der Waals surface area contributed by atoms with Gasteiger partial charge in [0, 0.05) is 22.5 Å². The van der Waals surface area contributed by atoms with Gasteiger partial charge in [-0.3, -0.25) is 0 Å². The third kappa shape index (κ3) is 2.34. The highest BCUT2D eigenvalue weighted by molar-refractivity contribution is 9.10. The third-order valence-electron chi connectivity index (χ3n) is 3.85. The van der Waals surface area contributed by atoms with Crippen LogP contribution >= 0.6 is 15.9 Å². The zero-order valence-electron chi connectivity index (χ0n) is 11.3. The van der Waals surface area contributed by atoms with E-state index in [1.54, 1.807) is 0 Å². The van der Waals surface area contributed by atoms with Crippen molar-refractivity contribution in [2.24, 2.45) is 0 Å². The standard InChI is InChI=1S/C15H14BrN5/c16-12-3-1-10(2-4-12)13-5-6-14-18-19-15(21(14)20-13)11-7-8-17-9-11/h1-6,11,17H,7-9H2/t11-/m0/s1. The Hall–Kier alpha value is -1.79. The van der Waals surface area contributed by atoms with Gasteiger partial charge in [-0.25, -0.2) is 0 Å². The average Bonchev–Trinajstić information content (AvgIpc) is 3.16. The van der Waals surface area contributed by atoms with Crippen LogP contribution in [-0.4, -0.2) is 32.9 Å². The molecule has 106 valence electrons. The predicted molar refractivity (Wildman–Crippen MR) is 84.1 cm³/mol. The zero-order chi connectivity index (χ0) is 14.2. The third-order valence-corrected chi connectivity index (χ3v) is 4.38. The van der Waals surface area contributed by atoms with Gasteiger partial charge in [0.15, 0.2) is 11.5 Å². The van der Waals surface area contributed by atoms with E-state index in [1.807, 2.05) is 28.8 Å². The second kappa shape index (κ2) is 5.20. The van der Waals surface area contributed by atoms with Crippen molar-refractivity contribution in [2.75, 3.05) is 13.1 Å². The molecule has 4 rings (SSSR count). The Balaban J connectivity index is 1.80. The van der Waals surface area contributed by atoms with Gasteiger partial charge in [0.1, 0.15) is 0 Å². The SMILES string of the molecule is Brc1ccc(-c2ccc3nnc([C@H]4CCNC4)n3n2)cc1. The molecule has 0 bridgehead atoms. The summed E-state index contributed by atoms with van der Waals surface area (Å²) < 4.78 is 2.95. The fraction of sp³-hybridized carbons (Fsp3) is 0.267. The Morgan fingerprint density at radius 2 is 1.95 bits per heavy atom. The molecule has 6 heteroatoms. The van der Waals surface area contributed by atoms with Crippen molar-refractivity contribution in [3.63, 3.8) is 0 Å². The van der Waals surface area contributed by atoms with Gasteiger partial charge in [0.05, 0.1) is 5.69 Å². The Morgan fingerprint density at radius 3 is 2.71 bits per heavy atom. The Bertz CT molecular complexity index is 774. The fourth-order valence-corrected chi connectivity index (χ4v) is 2.97. The van der Waals surface area contributed by atoms with E-state index in [0.29, 0.717) is 5.92 Å². The predicted octanol–water partition coefficient (Wildman–Crippen LogP) is 2.63. The van der Waals surface area contributed by atoms with E-state index in [1.165, 1.54) is 0 Å². The monoisotopic (exact) mass is 343 g/mol. The molecule has 2 aromatic heterocycles. The number of nitrogens with zero attached hydrogens (tertiary/aromatic N) is 4. The van der Waals surface area contributed by atoms with E-state index in [0.717, 1.165) is 46.7 Å². The maximum Gasteiger partial charge on any atom is 0.177 e. The molecule has 1 aromatic carbocycles. The molecule has 3 heterocycles. The molecule has 0 spiro atoms. The fourth-order valence-electron chi connectivity index (χ4n) is 2.71. The number of benzene rings is 1. The maximum atomic E-state index is 4.73. The van der Waals surface area contributed by atoms with Crippen LogP contribution in [0.3, 0.4) is 0 Å². The lowest BCUT2D eigenvalue weighted by atomic mass is 10.1. The number of rotatable bonds is 2. The van der Waals surface area contributed by atoms with Crippen molar-refractivity contribution in [2.45, 2.75) is 12.3 Å². The van der Waals surface area contributed by atoms with E-state index in [-0.39, 0.29) is 0 Å². The second-order valence-electron chi connectivity index (χ2n) is 5.24. The minimum Gasteiger partial charge on any atom is -0.316 e. The summed E-state index contributed by atoms with van der Waals surface area (Å²) in [6, 6.07) is 12.1. The second-order valence-corrected chi connectivity index (χ2v) is 6.16. The molecule has 0 unspecified atom stereocenters. The van der Waals surface area contributed by atoms with Crippen LogP contribution in [0.4, 0.5) is 0 Å². The number of nitrogens with one attached hydrogen (secondary N) is 1. The van der Waals surface area contributed by atoms with Crippen LogP contribution in [0.1, 0.15) is 18.2 Å². The molecule has 0 amide bonds. The summed E-state index contributed by atoms with van der Waals surface area (Å²) in [6.07, 6.45) is 1.09. The maximum absolute atomic E-state index is 4.73. The quantitative estimate of drug-likeness (QED) is 0.777. The van der Waals surface area contributed by atoms with Crippen LogP contribution in [0.25, 0.3) is 16.9 Å². The Kier molecular flexibility index (Phi) is 3.20. The first kappa shape index (κ1) is 12.9. The summed E-state index contributed by atoms with van der Waals surface area (Å²) in [4.78, 5) is 0. The van der Waals surface area contributed by atoms with Gasteiger partial charge < -0.3 is 5.32 Å². The summed E-state index contributed by atoms with van der Waals surface area (Å²) in [5, 5.41) is 16.6. The summed E-state index contributed by atoms with van der Waals surface area (Å²) in [6.45, 7) is 1.98. The van der Waals surface area contributed by atoms with Crippen LogP contribution in [0.15, 0.2) is 40.9 Å². The zero-order valence-corrected chi connectivity index (χ0v) is 12.9. The smallest absolute Gasteiger partial charge is 0.177 e. The summed E-state index contributed by atoms with van der Waals surface area (Å²) in [7, 11) is 0. The van der Waals surface area contributed by atoms with Gasteiger partial charge in [-0.2, -0.15) is 9.61 Å². The first-order valence-corrected chi connectivity index (χ1v) is 7.79. The van der Waals surface area contributed by atoms with Crippen molar-refractivity contribution in [3.05, 3.63) is 46.7 Å². The highest BCUT2D eigenvalue weighted by Gasteiger charge is 2.22. The van der Waals surface area contributed by atoms with Crippen LogP contribution in [0, 0.1) is 0 Å². The van der Waals surface area contributed by atoms with E-state index in [9.17, 15) is 0 Å². The lowest BCUT2D eigenvalue weighted by Crippen LogP contribution is -2.11. The molecule has 1 atom stereocenters. The van der Waals surface area contributed by atoms with Crippen LogP contribution < -0.4 is 5.32 Å². The van der Waals surface area contributed by atoms with Gasteiger partial charge in [0.2, 0.25) is 0 Å². The van der Waals surface area contributed by atoms with Crippen molar-refractivity contribution >= 4 is 21.6 Å². The van der Waals surface area contributed by atoms with Crippen LogP contribution in [-0.2, 0) is 0 Å². The van der Waals surface area contributed by atoms with E-state index < -0.39 is 0 Å². The summed E-state index contributed by atoms with van der Waals surface area (Å²) in [5.41, 5.74) is 2.82. The summed E-state index contributed by atoms with van der Waals surface area (Å²) >= 11 is 3.46. The molecule has 0 radical (unpaired) electrons. The molecular formula is C15H14BrN5. The number of halogens is 1. The number of aromatic nitrogens is 4. The molecule has 21 heavy (non-hydrogen) atoms. The van der Waals surface area contributed by atoms with Crippen molar-refractivity contribution < 1.29 is 0 Å². The first-order valence-electron chi connectivity index (χ1n) is 7.00. The van der Waals surface area contributed by atoms with Crippen molar-refractivity contribution in [3.8, 4) is 11.3 Å². The minimum atomic E-state index is 0.396. The molecule has 0 saturated carbocycles. The molecule has 1 fully saturated rings. The highest BCUT2D eigenvalue weighted by atomic mass is 79.9. The van der Waals surface area contributed by atoms with E-state index >= 15 is 0 Å². The number of hydrogen-bond acceptors (Lipinski definition) is 4. The first-order chi connectivity index (χ1) is 10.3. The Morgan fingerprint density at radius 1 is 1.10 bits per heavy atom. The average molecular weight is 344 g/mol.